The molecule has 0 aliphatic heterocycles. The van der Waals surface area contributed by atoms with Crippen molar-refractivity contribution in [1.82, 2.24) is 9.78 Å². The second-order valence-electron chi connectivity index (χ2n) is 2.84. The van der Waals surface area contributed by atoms with Crippen LogP contribution in [0.15, 0.2) is 6.20 Å². The maximum Gasteiger partial charge on any atom is 0.342 e. The Kier molecular flexibility index (Phi) is 4.11. The Bertz CT molecular complexity index is 335. The van der Waals surface area contributed by atoms with Crippen molar-refractivity contribution in [2.75, 3.05) is 19.8 Å². The Morgan fingerprint density at radius 2 is 2.33 bits per heavy atom. The van der Waals surface area contributed by atoms with E-state index in [1.807, 2.05) is 6.92 Å². The molecule has 0 amide bonds. The van der Waals surface area contributed by atoms with Crippen LogP contribution < -0.4 is 4.74 Å². The molecule has 0 atom stereocenters. The van der Waals surface area contributed by atoms with E-state index in [4.69, 9.17) is 14.6 Å². The number of rotatable bonds is 6. The van der Waals surface area contributed by atoms with Gasteiger partial charge in [0, 0.05) is 13.7 Å². The van der Waals surface area contributed by atoms with Crippen molar-refractivity contribution < 1.29 is 19.4 Å². The third-order valence-corrected chi connectivity index (χ3v) is 1.79. The molecule has 0 aromatic carbocycles. The highest BCUT2D eigenvalue weighted by Crippen LogP contribution is 2.16. The number of carbonyl (C=O) groups is 1. The van der Waals surface area contributed by atoms with Crippen LogP contribution in [-0.2, 0) is 11.8 Å². The quantitative estimate of drug-likeness (QED) is 0.699. The van der Waals surface area contributed by atoms with Crippen LogP contribution in [0.2, 0.25) is 0 Å². The first kappa shape index (κ1) is 11.5. The highest BCUT2D eigenvalue weighted by atomic mass is 16.5. The zero-order valence-electron chi connectivity index (χ0n) is 8.77. The molecule has 1 rings (SSSR count). The summed E-state index contributed by atoms with van der Waals surface area (Å²) in [6.07, 6.45) is 1.26. The van der Waals surface area contributed by atoms with Gasteiger partial charge in [-0.05, 0) is 6.92 Å². The van der Waals surface area contributed by atoms with Crippen molar-refractivity contribution in [3.8, 4) is 5.88 Å². The van der Waals surface area contributed by atoms with Crippen LogP contribution in [-0.4, -0.2) is 40.7 Å². The fourth-order valence-corrected chi connectivity index (χ4v) is 1.09. The van der Waals surface area contributed by atoms with Crippen LogP contribution in [0.5, 0.6) is 5.88 Å². The molecular formula is C9H14N2O4. The monoisotopic (exact) mass is 214 g/mol. The Morgan fingerprint density at radius 3 is 2.93 bits per heavy atom. The molecule has 0 aliphatic rings. The van der Waals surface area contributed by atoms with Crippen LogP contribution in [0.25, 0.3) is 0 Å². The summed E-state index contributed by atoms with van der Waals surface area (Å²) in [7, 11) is 1.63. The minimum atomic E-state index is -1.05. The predicted octanol–water partition coefficient (Wildman–Crippen LogP) is 0.534. The Hall–Kier alpha value is -1.56. The van der Waals surface area contributed by atoms with E-state index in [0.717, 1.165) is 0 Å². The summed E-state index contributed by atoms with van der Waals surface area (Å²) in [6.45, 7) is 3.24. The molecule has 6 nitrogen and oxygen atoms in total. The van der Waals surface area contributed by atoms with Crippen molar-refractivity contribution >= 4 is 5.97 Å². The Labute approximate surface area is 87.4 Å². The minimum Gasteiger partial charge on any atom is -0.477 e. The number of hydrogen-bond acceptors (Lipinski definition) is 4. The van der Waals surface area contributed by atoms with Gasteiger partial charge >= 0.3 is 5.97 Å². The van der Waals surface area contributed by atoms with Crippen molar-refractivity contribution in [1.29, 1.82) is 0 Å². The number of carboxylic acid groups (broad SMARTS) is 1. The molecule has 0 saturated heterocycles. The Morgan fingerprint density at radius 1 is 1.60 bits per heavy atom. The standard InChI is InChI=1S/C9H14N2O4/c1-3-14-4-5-15-8-7(9(12)13)6-10-11(8)2/h6H,3-5H2,1-2H3,(H,12,13). The molecule has 0 bridgehead atoms. The Balaban J connectivity index is 2.58. The first-order valence-electron chi connectivity index (χ1n) is 4.62. The molecule has 1 N–H and O–H groups in total. The van der Waals surface area contributed by atoms with Gasteiger partial charge in [0.1, 0.15) is 12.2 Å². The summed E-state index contributed by atoms with van der Waals surface area (Å²) in [5.41, 5.74) is 0.0639. The summed E-state index contributed by atoms with van der Waals surface area (Å²) in [5, 5.41) is 12.6. The number of hydrogen-bond donors (Lipinski definition) is 1. The van der Waals surface area contributed by atoms with E-state index in [9.17, 15) is 4.79 Å². The van der Waals surface area contributed by atoms with Gasteiger partial charge in [0.15, 0.2) is 0 Å². The largest absolute Gasteiger partial charge is 0.477 e. The third kappa shape index (κ3) is 2.95. The summed E-state index contributed by atoms with van der Waals surface area (Å²) >= 11 is 0. The van der Waals surface area contributed by atoms with E-state index in [2.05, 4.69) is 5.10 Å². The molecule has 84 valence electrons. The van der Waals surface area contributed by atoms with Gasteiger partial charge < -0.3 is 14.6 Å². The van der Waals surface area contributed by atoms with Crippen LogP contribution >= 0.6 is 0 Å². The number of aryl methyl sites for hydroxylation is 1. The lowest BCUT2D eigenvalue weighted by Crippen LogP contribution is -2.11. The zero-order valence-corrected chi connectivity index (χ0v) is 8.77. The third-order valence-electron chi connectivity index (χ3n) is 1.79. The number of ether oxygens (including phenoxy) is 2. The second-order valence-corrected chi connectivity index (χ2v) is 2.84. The van der Waals surface area contributed by atoms with Gasteiger partial charge in [0.2, 0.25) is 5.88 Å². The molecule has 0 spiro atoms. The molecule has 0 saturated carbocycles. The lowest BCUT2D eigenvalue weighted by molar-refractivity contribution is 0.0685. The minimum absolute atomic E-state index is 0.0639. The second kappa shape index (κ2) is 5.35. The topological polar surface area (TPSA) is 73.6 Å². The number of aromatic carboxylic acids is 1. The van der Waals surface area contributed by atoms with E-state index in [0.29, 0.717) is 19.8 Å². The molecule has 1 aromatic rings. The van der Waals surface area contributed by atoms with E-state index in [1.54, 1.807) is 7.05 Å². The first-order chi connectivity index (χ1) is 7.16. The summed E-state index contributed by atoms with van der Waals surface area (Å²) in [4.78, 5) is 10.8. The molecule has 0 radical (unpaired) electrons. The maximum atomic E-state index is 10.8. The number of aromatic nitrogens is 2. The van der Waals surface area contributed by atoms with Crippen LogP contribution in [0.1, 0.15) is 17.3 Å². The molecule has 1 heterocycles. The van der Waals surface area contributed by atoms with Gasteiger partial charge in [-0.1, -0.05) is 0 Å². The van der Waals surface area contributed by atoms with Crippen molar-refractivity contribution in [2.24, 2.45) is 7.05 Å². The van der Waals surface area contributed by atoms with Gasteiger partial charge in [-0.25, -0.2) is 9.48 Å². The average Bonchev–Trinajstić information content (AvgIpc) is 2.55. The smallest absolute Gasteiger partial charge is 0.342 e. The van der Waals surface area contributed by atoms with Crippen molar-refractivity contribution in [3.63, 3.8) is 0 Å². The molecule has 1 aromatic heterocycles. The molecule has 0 aliphatic carbocycles. The molecule has 15 heavy (non-hydrogen) atoms. The fourth-order valence-electron chi connectivity index (χ4n) is 1.09. The van der Waals surface area contributed by atoms with Gasteiger partial charge in [-0.2, -0.15) is 5.10 Å². The van der Waals surface area contributed by atoms with E-state index >= 15 is 0 Å². The van der Waals surface area contributed by atoms with Crippen LogP contribution in [0, 0.1) is 0 Å². The van der Waals surface area contributed by atoms with Crippen molar-refractivity contribution in [2.45, 2.75) is 6.92 Å². The predicted molar refractivity (Wildman–Crippen MR) is 52.2 cm³/mol. The van der Waals surface area contributed by atoms with E-state index in [1.165, 1.54) is 10.9 Å². The lowest BCUT2D eigenvalue weighted by atomic mass is 10.3. The lowest BCUT2D eigenvalue weighted by Gasteiger charge is -2.06. The fraction of sp³-hybridized carbons (Fsp3) is 0.556. The zero-order chi connectivity index (χ0) is 11.3. The summed E-state index contributed by atoms with van der Waals surface area (Å²) in [5.74, 6) is -0.795. The molecular weight excluding hydrogens is 200 g/mol. The first-order valence-corrected chi connectivity index (χ1v) is 4.62. The number of nitrogens with zero attached hydrogens (tertiary/aromatic N) is 2. The van der Waals surface area contributed by atoms with Gasteiger partial charge in [0.05, 0.1) is 12.8 Å². The normalized spacial score (nSPS) is 10.3. The average molecular weight is 214 g/mol. The van der Waals surface area contributed by atoms with E-state index in [-0.39, 0.29) is 11.4 Å². The molecule has 0 fully saturated rings. The highest BCUT2D eigenvalue weighted by Gasteiger charge is 2.15. The van der Waals surface area contributed by atoms with Gasteiger partial charge in [-0.15, -0.1) is 0 Å². The number of carboxylic acids is 1. The van der Waals surface area contributed by atoms with Crippen LogP contribution in [0.4, 0.5) is 0 Å². The molecule has 0 unspecified atom stereocenters. The SMILES string of the molecule is CCOCCOc1c(C(=O)O)cnn1C. The van der Waals surface area contributed by atoms with Gasteiger partial charge in [-0.3, -0.25) is 0 Å². The van der Waals surface area contributed by atoms with E-state index < -0.39 is 5.97 Å². The summed E-state index contributed by atoms with van der Waals surface area (Å²) in [6, 6.07) is 0. The van der Waals surface area contributed by atoms with Crippen LogP contribution in [0.3, 0.4) is 0 Å². The maximum absolute atomic E-state index is 10.8. The van der Waals surface area contributed by atoms with Crippen molar-refractivity contribution in [3.05, 3.63) is 11.8 Å². The molecule has 6 heteroatoms. The van der Waals surface area contributed by atoms with Gasteiger partial charge in [0.25, 0.3) is 0 Å². The summed E-state index contributed by atoms with van der Waals surface area (Å²) < 4.78 is 11.7. The highest BCUT2D eigenvalue weighted by molar-refractivity contribution is 5.89.